The largest absolute Gasteiger partial charge is 2.00 e. The first-order valence-corrected chi connectivity index (χ1v) is 23.1. The molecule has 0 aliphatic heterocycles. The fraction of sp³-hybridized carbons (Fsp3) is 0.623. The van der Waals surface area contributed by atoms with Crippen LogP contribution in [0.2, 0.25) is 0 Å². The Morgan fingerprint density at radius 1 is 0.518 bits per heavy atom. The van der Waals surface area contributed by atoms with Crippen LogP contribution < -0.4 is 0 Å². The van der Waals surface area contributed by atoms with Crippen molar-refractivity contribution in [2.24, 2.45) is 0 Å². The third-order valence-electron chi connectivity index (χ3n) is 9.96. The molecule has 3 heteroatoms. The summed E-state index contributed by atoms with van der Waals surface area (Å²) in [6, 6.07) is 14.6. The van der Waals surface area contributed by atoms with E-state index in [9.17, 15) is 5.53 Å². The minimum absolute atomic E-state index is 0. The first kappa shape index (κ1) is 55.8. The predicted molar refractivity (Wildman–Crippen MR) is 248 cm³/mol. The van der Waals surface area contributed by atoms with E-state index in [4.69, 9.17) is 0 Å². The van der Waals surface area contributed by atoms with Crippen LogP contribution in [0.4, 0.5) is 0 Å². The van der Waals surface area contributed by atoms with Crippen molar-refractivity contribution in [2.45, 2.75) is 215 Å². The molecule has 0 fully saturated rings. The minimum atomic E-state index is 0. The molecule has 0 saturated heterocycles. The summed E-state index contributed by atoms with van der Waals surface area (Å²) in [5.41, 5.74) is 19.9. The number of aryl methyl sites for hydroxylation is 4. The first-order valence-electron chi connectivity index (χ1n) is 23.1. The molecule has 0 atom stereocenters. The van der Waals surface area contributed by atoms with Crippen molar-refractivity contribution in [1.82, 2.24) is 0 Å². The Kier molecular flexibility index (Phi) is 40.8. The maximum atomic E-state index is 9.61. The van der Waals surface area contributed by atoms with Gasteiger partial charge in [0, 0.05) is 0 Å². The first-order chi connectivity index (χ1) is 26.9. The van der Waals surface area contributed by atoms with Gasteiger partial charge in [-0.05, 0) is 115 Å². The van der Waals surface area contributed by atoms with Crippen LogP contribution in [0, 0.1) is 13.8 Å². The molecular formula is C53H86N2Pd. The molecule has 0 saturated carbocycles. The van der Waals surface area contributed by atoms with Gasteiger partial charge >= 0.3 is 26.3 Å². The molecule has 2 aromatic carbocycles. The summed E-state index contributed by atoms with van der Waals surface area (Å²) in [4.78, 5) is 3.38. The van der Waals surface area contributed by atoms with Crippen molar-refractivity contribution in [3.63, 3.8) is 0 Å². The van der Waals surface area contributed by atoms with Crippen molar-refractivity contribution < 1.29 is 25.2 Å². The van der Waals surface area contributed by atoms with Crippen molar-refractivity contribution >= 4 is 11.4 Å². The maximum Gasteiger partial charge on any atom is 2.00 e. The molecular weight excluding hydrogens is 771 g/mol. The smallest absolute Gasteiger partial charge is 0.348 e. The number of nitrogens with zero attached hydrogens (tertiary/aromatic N) is 2. The minimum Gasteiger partial charge on any atom is -0.348 e. The van der Waals surface area contributed by atoms with E-state index in [-0.39, 0.29) is 20.4 Å². The van der Waals surface area contributed by atoms with Gasteiger partial charge in [-0.3, -0.25) is 0 Å². The van der Waals surface area contributed by atoms with Crippen molar-refractivity contribution in [3.05, 3.63) is 113 Å². The van der Waals surface area contributed by atoms with Crippen molar-refractivity contribution in [1.29, 1.82) is 0 Å². The molecule has 0 unspecified atom stereocenters. The van der Waals surface area contributed by atoms with E-state index in [1.165, 1.54) is 161 Å². The Labute approximate surface area is 363 Å². The summed E-state index contributed by atoms with van der Waals surface area (Å²) >= 11 is 0. The zero-order chi connectivity index (χ0) is 40.8. The molecule has 0 bridgehead atoms. The van der Waals surface area contributed by atoms with E-state index >= 15 is 0 Å². The second kappa shape index (κ2) is 40.9. The van der Waals surface area contributed by atoms with Crippen LogP contribution in [-0.2, 0) is 46.1 Å². The third-order valence-corrected chi connectivity index (χ3v) is 9.96. The summed E-state index contributed by atoms with van der Waals surface area (Å²) in [6.07, 6.45) is 37.9. The van der Waals surface area contributed by atoms with Gasteiger partial charge in [-0.15, -0.1) is 4.79 Å². The summed E-state index contributed by atoms with van der Waals surface area (Å²) in [5, 5.41) is 0. The fourth-order valence-corrected chi connectivity index (χ4v) is 6.57. The normalized spacial score (nSPS) is 10.8. The van der Waals surface area contributed by atoms with Crippen LogP contribution in [0.3, 0.4) is 0 Å². The Morgan fingerprint density at radius 2 is 0.893 bits per heavy atom. The molecule has 0 radical (unpaired) electrons. The zero-order valence-electron chi connectivity index (χ0n) is 37.7. The number of hydrogen-bond acceptors (Lipinski definition) is 0. The Morgan fingerprint density at radius 3 is 1.23 bits per heavy atom. The monoisotopic (exact) mass is 857 g/mol. The van der Waals surface area contributed by atoms with Gasteiger partial charge in [-0.1, -0.05) is 181 Å². The van der Waals surface area contributed by atoms with Gasteiger partial charge in [0.1, 0.15) is 5.57 Å². The third kappa shape index (κ3) is 29.0. The van der Waals surface area contributed by atoms with E-state index in [0.717, 1.165) is 50.5 Å². The molecule has 2 nitrogen and oxygen atoms in total. The number of unbranched alkanes of at least 4 members (excludes halogenated alkanes) is 15. The summed E-state index contributed by atoms with van der Waals surface area (Å²) in [6.45, 7) is 23.1. The molecule has 0 N–H and O–H groups in total. The standard InChI is InChI=1S/C43H64N2.2C5H11.Pd/c1-6-11-16-19-22-27-40(35-45-44)34-43(41-30-36(23-14-9-4)28-37(31-41)24-15-10-5)42-32-38(25-20-17-12-7-2)29-39(33-42)26-21-18-13-8-3;2*1-3-5-4-2;/h22,27-34H,6-21,23-26H2,1-5H3;2*1,3-5H2,2H3;/q;2*-1;+2. The van der Waals surface area contributed by atoms with E-state index in [1.54, 1.807) is 0 Å². The second-order valence-electron chi connectivity index (χ2n) is 15.4. The average molecular weight is 858 g/mol. The molecule has 2 aromatic rings. The van der Waals surface area contributed by atoms with Crippen molar-refractivity contribution in [3.8, 4) is 0 Å². The van der Waals surface area contributed by atoms with Gasteiger partial charge in [0.25, 0.3) is 0 Å². The second-order valence-corrected chi connectivity index (χ2v) is 15.4. The molecule has 318 valence electrons. The van der Waals surface area contributed by atoms with Crippen LogP contribution in [0.5, 0.6) is 0 Å². The van der Waals surface area contributed by atoms with Crippen LogP contribution in [0.1, 0.15) is 223 Å². The Bertz CT molecular complexity index is 1290. The molecule has 0 spiro atoms. The zero-order valence-corrected chi connectivity index (χ0v) is 39.3. The van der Waals surface area contributed by atoms with E-state index < -0.39 is 0 Å². The fourth-order valence-electron chi connectivity index (χ4n) is 6.57. The Hall–Kier alpha value is -2.26. The van der Waals surface area contributed by atoms with Gasteiger partial charge in [0.15, 0.2) is 0 Å². The van der Waals surface area contributed by atoms with Crippen LogP contribution in [-0.4, -0.2) is 10.7 Å². The summed E-state index contributed by atoms with van der Waals surface area (Å²) < 4.78 is 0. The van der Waals surface area contributed by atoms with E-state index in [2.05, 4.69) is 128 Å². The van der Waals surface area contributed by atoms with Crippen molar-refractivity contribution in [2.75, 3.05) is 0 Å². The summed E-state index contributed by atoms with van der Waals surface area (Å²) in [5.74, 6) is 2.90. The van der Waals surface area contributed by atoms with Gasteiger partial charge in [0.05, 0.1) is 0 Å². The maximum absolute atomic E-state index is 9.61. The molecule has 0 aliphatic rings. The van der Waals surface area contributed by atoms with E-state index in [1.807, 2.05) is 0 Å². The SMILES string of the molecule is CCCCCC=CC(=C=[N+]=[N-])C=C(c1cc(CCCC)cc(CCCC)c1)c1cc(CCCCCC)cc(CCCCCC)c1.[CH2-]CCCC.[CH2-]CCCC.[Pd+2]. The quantitative estimate of drug-likeness (QED) is 0.0155. The van der Waals surface area contributed by atoms with Gasteiger partial charge in [0.2, 0.25) is 0 Å². The average Bonchev–Trinajstić information content (AvgIpc) is 3.19. The van der Waals surface area contributed by atoms with Gasteiger partial charge in [-0.2, -0.15) is 12.8 Å². The van der Waals surface area contributed by atoms with Crippen LogP contribution in [0.15, 0.2) is 60.2 Å². The predicted octanol–water partition coefficient (Wildman–Crippen LogP) is 17.0. The molecule has 56 heavy (non-hydrogen) atoms. The van der Waals surface area contributed by atoms with E-state index in [0.29, 0.717) is 0 Å². The molecule has 0 aromatic heterocycles. The van der Waals surface area contributed by atoms with Crippen LogP contribution >= 0.6 is 0 Å². The van der Waals surface area contributed by atoms with Gasteiger partial charge in [-0.25, -0.2) is 0 Å². The summed E-state index contributed by atoms with van der Waals surface area (Å²) in [7, 11) is 0. The molecule has 2 rings (SSSR count). The number of benzene rings is 2. The molecule has 0 aliphatic carbocycles. The topological polar surface area (TPSA) is 36.4 Å². The molecule has 0 heterocycles. The van der Waals surface area contributed by atoms with Gasteiger partial charge < -0.3 is 19.4 Å². The Balaban J connectivity index is 0. The number of allylic oxidation sites excluding steroid dienone is 4. The van der Waals surface area contributed by atoms with Crippen LogP contribution in [0.25, 0.3) is 11.1 Å². The molecule has 0 amide bonds. The number of hydrogen-bond donors (Lipinski definition) is 0. The number of rotatable bonds is 28.